The molecular formula is C15H13BrClNO4S. The number of rotatable bonds is 6. The lowest BCUT2D eigenvalue weighted by Crippen LogP contribution is -2.34. The summed E-state index contributed by atoms with van der Waals surface area (Å²) in [5.41, 5.74) is 0.293. The predicted molar refractivity (Wildman–Crippen MR) is 92.5 cm³/mol. The van der Waals surface area contributed by atoms with Gasteiger partial charge in [0.1, 0.15) is 12.3 Å². The highest BCUT2D eigenvalue weighted by Crippen LogP contribution is 2.27. The van der Waals surface area contributed by atoms with E-state index in [1.54, 1.807) is 30.3 Å². The van der Waals surface area contributed by atoms with E-state index in [-0.39, 0.29) is 4.90 Å². The van der Waals surface area contributed by atoms with Crippen LogP contribution in [0, 0.1) is 0 Å². The van der Waals surface area contributed by atoms with Crippen molar-refractivity contribution in [1.29, 1.82) is 0 Å². The molecule has 0 aromatic heterocycles. The molecule has 0 N–H and O–H groups in total. The third kappa shape index (κ3) is 4.25. The number of anilines is 1. The fourth-order valence-corrected chi connectivity index (χ4v) is 3.79. The van der Waals surface area contributed by atoms with Crippen molar-refractivity contribution in [2.75, 3.05) is 18.0 Å². The number of methoxy groups -OCH3 is 1. The summed E-state index contributed by atoms with van der Waals surface area (Å²) in [6.07, 6.45) is 0. The van der Waals surface area contributed by atoms with E-state index in [4.69, 9.17) is 16.3 Å². The van der Waals surface area contributed by atoms with Crippen molar-refractivity contribution in [1.82, 2.24) is 0 Å². The molecule has 0 aliphatic heterocycles. The first-order valence-electron chi connectivity index (χ1n) is 6.45. The van der Waals surface area contributed by atoms with Gasteiger partial charge in [-0.2, -0.15) is 0 Å². The highest BCUT2D eigenvalue weighted by atomic mass is 79.9. The van der Waals surface area contributed by atoms with Crippen molar-refractivity contribution in [3.63, 3.8) is 0 Å². The van der Waals surface area contributed by atoms with Gasteiger partial charge in [0.15, 0.2) is 0 Å². The van der Waals surface area contributed by atoms with Crippen LogP contribution in [0.25, 0.3) is 0 Å². The van der Waals surface area contributed by atoms with Crippen LogP contribution in [0.2, 0.25) is 0 Å². The molecule has 0 saturated heterocycles. The molecule has 0 unspecified atom stereocenters. The summed E-state index contributed by atoms with van der Waals surface area (Å²) in [4.78, 5) is 11.4. The SMILES string of the molecule is COc1cccc(N(CC(=O)Cl)S(=O)(=O)c2ccc(Br)cc2)c1. The molecule has 5 nitrogen and oxygen atoms in total. The van der Waals surface area contributed by atoms with E-state index in [9.17, 15) is 13.2 Å². The number of hydrogen-bond donors (Lipinski definition) is 0. The van der Waals surface area contributed by atoms with E-state index in [1.165, 1.54) is 25.3 Å². The summed E-state index contributed by atoms with van der Waals surface area (Å²) in [6.45, 7) is -0.479. The topological polar surface area (TPSA) is 63.7 Å². The minimum absolute atomic E-state index is 0.0569. The predicted octanol–water partition coefficient (Wildman–Crippen LogP) is 3.42. The van der Waals surface area contributed by atoms with Gasteiger partial charge in [-0.1, -0.05) is 22.0 Å². The van der Waals surface area contributed by atoms with Gasteiger partial charge in [-0.3, -0.25) is 9.10 Å². The first-order valence-corrected chi connectivity index (χ1v) is 9.06. The van der Waals surface area contributed by atoms with Gasteiger partial charge in [0.25, 0.3) is 10.0 Å². The van der Waals surface area contributed by atoms with Crippen molar-refractivity contribution in [3.8, 4) is 5.75 Å². The van der Waals surface area contributed by atoms with E-state index in [0.717, 1.165) is 8.78 Å². The quantitative estimate of drug-likeness (QED) is 0.674. The van der Waals surface area contributed by atoms with Crippen molar-refractivity contribution < 1.29 is 17.9 Å². The Morgan fingerprint density at radius 3 is 2.43 bits per heavy atom. The summed E-state index contributed by atoms with van der Waals surface area (Å²) in [7, 11) is -2.47. The lowest BCUT2D eigenvalue weighted by molar-refractivity contribution is -0.110. The molecule has 8 heteroatoms. The average Bonchev–Trinajstić information content (AvgIpc) is 2.52. The molecule has 0 amide bonds. The van der Waals surface area contributed by atoms with Crippen LogP contribution in [-0.2, 0) is 14.8 Å². The molecule has 2 aromatic carbocycles. The number of halogens is 2. The second-order valence-electron chi connectivity index (χ2n) is 4.52. The zero-order chi connectivity index (χ0) is 17.0. The normalized spacial score (nSPS) is 11.1. The van der Waals surface area contributed by atoms with Crippen LogP contribution in [0.3, 0.4) is 0 Å². The molecule has 2 aromatic rings. The maximum atomic E-state index is 12.8. The molecule has 0 bridgehead atoms. The maximum absolute atomic E-state index is 12.8. The third-order valence-corrected chi connectivity index (χ3v) is 5.45. The number of ether oxygens (including phenoxy) is 1. The Morgan fingerprint density at radius 1 is 1.22 bits per heavy atom. The first-order chi connectivity index (χ1) is 10.8. The second-order valence-corrected chi connectivity index (χ2v) is 7.72. The molecule has 2 rings (SSSR count). The molecule has 23 heavy (non-hydrogen) atoms. The van der Waals surface area contributed by atoms with Gasteiger partial charge in [-0.05, 0) is 48.0 Å². The Labute approximate surface area is 148 Å². The monoisotopic (exact) mass is 417 g/mol. The molecule has 122 valence electrons. The Kier molecular flexibility index (Phi) is 5.67. The smallest absolute Gasteiger partial charge is 0.264 e. The van der Waals surface area contributed by atoms with Crippen LogP contribution in [0.4, 0.5) is 5.69 Å². The first kappa shape index (κ1) is 17.8. The van der Waals surface area contributed by atoms with Crippen LogP contribution in [0.5, 0.6) is 5.75 Å². The highest BCUT2D eigenvalue weighted by molar-refractivity contribution is 9.10. The maximum Gasteiger partial charge on any atom is 0.264 e. The van der Waals surface area contributed by atoms with Gasteiger partial charge in [0.05, 0.1) is 17.7 Å². The van der Waals surface area contributed by atoms with Gasteiger partial charge >= 0.3 is 0 Å². The van der Waals surface area contributed by atoms with Crippen LogP contribution >= 0.6 is 27.5 Å². The Bertz CT molecular complexity index is 808. The Morgan fingerprint density at radius 2 is 1.87 bits per heavy atom. The summed E-state index contributed by atoms with van der Waals surface area (Å²) in [5.74, 6) is 0.473. The number of nitrogens with zero attached hydrogens (tertiary/aromatic N) is 1. The van der Waals surface area contributed by atoms with Crippen LogP contribution < -0.4 is 9.04 Å². The van der Waals surface area contributed by atoms with Crippen LogP contribution in [0.15, 0.2) is 57.9 Å². The molecular weight excluding hydrogens is 406 g/mol. The zero-order valence-electron chi connectivity index (χ0n) is 12.1. The fraction of sp³-hybridized carbons (Fsp3) is 0.133. The van der Waals surface area contributed by atoms with Gasteiger partial charge in [-0.15, -0.1) is 0 Å². The van der Waals surface area contributed by atoms with Crippen molar-refractivity contribution >= 4 is 48.5 Å². The summed E-state index contributed by atoms with van der Waals surface area (Å²) in [5, 5.41) is -0.784. The van der Waals surface area contributed by atoms with Gasteiger partial charge in [0, 0.05) is 10.5 Å². The zero-order valence-corrected chi connectivity index (χ0v) is 15.2. The molecule has 0 heterocycles. The number of carbonyl (C=O) groups excluding carboxylic acids is 1. The molecule has 0 aliphatic rings. The third-order valence-electron chi connectivity index (χ3n) is 3.01. The number of carbonyl (C=O) groups is 1. The molecule has 0 saturated carbocycles. The van der Waals surface area contributed by atoms with E-state index in [1.807, 2.05) is 0 Å². The Hall–Kier alpha value is -1.57. The van der Waals surface area contributed by atoms with Crippen LogP contribution in [-0.4, -0.2) is 27.3 Å². The number of hydrogen-bond acceptors (Lipinski definition) is 4. The average molecular weight is 419 g/mol. The van der Waals surface area contributed by atoms with Gasteiger partial charge in [0.2, 0.25) is 5.24 Å². The minimum atomic E-state index is -3.94. The lowest BCUT2D eigenvalue weighted by atomic mass is 10.3. The molecule has 0 fully saturated rings. The fourth-order valence-electron chi connectivity index (χ4n) is 1.93. The van der Waals surface area contributed by atoms with Gasteiger partial charge < -0.3 is 4.74 Å². The molecule has 0 aliphatic carbocycles. The summed E-state index contributed by atoms with van der Waals surface area (Å²) >= 11 is 8.68. The minimum Gasteiger partial charge on any atom is -0.497 e. The second kappa shape index (κ2) is 7.33. The standard InChI is InChI=1S/C15H13BrClNO4S/c1-22-13-4-2-3-12(9-13)18(10-15(17)19)23(20,21)14-7-5-11(16)6-8-14/h2-9H,10H2,1H3. The summed E-state index contributed by atoms with van der Waals surface area (Å²) < 4.78 is 32.5. The number of benzene rings is 2. The van der Waals surface area contributed by atoms with Crippen molar-refractivity contribution in [2.45, 2.75) is 4.90 Å². The van der Waals surface area contributed by atoms with Crippen molar-refractivity contribution in [3.05, 3.63) is 53.0 Å². The lowest BCUT2D eigenvalue weighted by Gasteiger charge is -2.23. The van der Waals surface area contributed by atoms with Crippen LogP contribution in [0.1, 0.15) is 0 Å². The van der Waals surface area contributed by atoms with E-state index < -0.39 is 21.8 Å². The van der Waals surface area contributed by atoms with E-state index in [2.05, 4.69) is 15.9 Å². The molecule has 0 radical (unpaired) electrons. The largest absolute Gasteiger partial charge is 0.497 e. The van der Waals surface area contributed by atoms with E-state index >= 15 is 0 Å². The summed E-state index contributed by atoms with van der Waals surface area (Å²) in [6, 6.07) is 12.5. The molecule has 0 spiro atoms. The number of sulfonamides is 1. The van der Waals surface area contributed by atoms with Gasteiger partial charge in [-0.25, -0.2) is 8.42 Å². The highest BCUT2D eigenvalue weighted by Gasteiger charge is 2.27. The van der Waals surface area contributed by atoms with E-state index in [0.29, 0.717) is 11.4 Å². The van der Waals surface area contributed by atoms with Crippen molar-refractivity contribution in [2.24, 2.45) is 0 Å². The molecule has 0 atom stereocenters. The Balaban J connectivity index is 2.52.